The Bertz CT molecular complexity index is 1370. The molecule has 0 rings (SSSR count). The van der Waals surface area contributed by atoms with E-state index in [4.69, 9.17) is 13.8 Å². The maximum absolute atomic E-state index is 13.5. The number of phosphoric ester groups is 1. The first-order chi connectivity index (χ1) is 33.4. The lowest BCUT2D eigenvalue weighted by molar-refractivity contribution is -0.870. The highest BCUT2D eigenvalue weighted by Gasteiger charge is 2.30. The number of amides is 1. The fourth-order valence-electron chi connectivity index (χ4n) is 7.96. The molecule has 10 heteroatoms. The minimum absolute atomic E-state index is 0.0352. The second-order valence-corrected chi connectivity index (χ2v) is 21.9. The van der Waals surface area contributed by atoms with E-state index in [9.17, 15) is 19.0 Å². The molecule has 69 heavy (non-hydrogen) atoms. The summed E-state index contributed by atoms with van der Waals surface area (Å²) in [5.41, 5.74) is 0. The number of esters is 1. The van der Waals surface area contributed by atoms with Gasteiger partial charge in [0.25, 0.3) is 0 Å². The standard InChI is InChI=1S/C59H109N2O7P/c1-7-10-13-16-19-22-25-27-29-30-32-33-36-39-42-45-48-51-58(62)60-56(55-67-69(64,65)66-54-53-61(4,5)6)57(50-47-44-41-38-35-24-21-18-15-12-9-3)68-59(63)52-49-46-43-40-37-34-31-28-26-23-20-17-14-11-8-2/h19-20,22-23,26-29,47,50,56-57H,7-18,21,24-25,30-46,48-49,51-55H2,1-6H3,(H-,60,62,64,65)/p+1/b22-19-,23-20+,28-26+,29-27-,50-47+. The molecule has 0 saturated heterocycles. The van der Waals surface area contributed by atoms with E-state index in [1.165, 1.54) is 122 Å². The molecule has 402 valence electrons. The van der Waals surface area contributed by atoms with Gasteiger partial charge in [-0.05, 0) is 89.5 Å². The third kappa shape index (κ3) is 50.4. The summed E-state index contributed by atoms with van der Waals surface area (Å²) in [5.74, 6) is -0.528. The third-order valence-corrected chi connectivity index (χ3v) is 13.4. The zero-order chi connectivity index (χ0) is 50.8. The Labute approximate surface area is 426 Å². The van der Waals surface area contributed by atoms with Crippen LogP contribution in [-0.4, -0.2) is 74.3 Å². The number of rotatable bonds is 51. The first-order valence-corrected chi connectivity index (χ1v) is 30.1. The number of hydrogen-bond acceptors (Lipinski definition) is 6. The van der Waals surface area contributed by atoms with Crippen LogP contribution in [0.2, 0.25) is 0 Å². The van der Waals surface area contributed by atoms with Crippen LogP contribution in [0, 0.1) is 0 Å². The van der Waals surface area contributed by atoms with E-state index in [0.29, 0.717) is 17.4 Å². The van der Waals surface area contributed by atoms with Gasteiger partial charge in [0.15, 0.2) is 0 Å². The minimum atomic E-state index is -4.45. The molecule has 0 aromatic rings. The Kier molecular flexibility index (Phi) is 47.7. The van der Waals surface area contributed by atoms with E-state index in [-0.39, 0.29) is 31.5 Å². The SMILES string of the molecule is CCCCC/C=C\C/C=C\CCCCCCCCCC(=O)NC(COP(=O)(O)OCC[N+](C)(C)C)C(/C=C/CCCCCCCCCCC)OC(=O)CCCCCCCC/C=C/C=C/CCCCC. The number of carbonyl (C=O) groups is 2. The molecule has 0 aromatic carbocycles. The molecular formula is C59H110N2O7P+. The predicted molar refractivity (Wildman–Crippen MR) is 295 cm³/mol. The van der Waals surface area contributed by atoms with Gasteiger partial charge >= 0.3 is 13.8 Å². The van der Waals surface area contributed by atoms with Gasteiger partial charge in [-0.1, -0.05) is 210 Å². The van der Waals surface area contributed by atoms with Crippen molar-refractivity contribution in [3.05, 3.63) is 60.8 Å². The molecule has 3 atom stereocenters. The normalized spacial score (nSPS) is 14.2. The molecule has 0 saturated carbocycles. The van der Waals surface area contributed by atoms with Crippen molar-refractivity contribution in [3.8, 4) is 0 Å². The molecule has 0 radical (unpaired) electrons. The van der Waals surface area contributed by atoms with E-state index in [2.05, 4.69) is 74.7 Å². The molecule has 0 aliphatic heterocycles. The zero-order valence-electron chi connectivity index (χ0n) is 45.8. The van der Waals surface area contributed by atoms with E-state index in [0.717, 1.165) is 96.3 Å². The molecule has 0 fully saturated rings. The van der Waals surface area contributed by atoms with Gasteiger partial charge in [-0.3, -0.25) is 18.6 Å². The summed E-state index contributed by atoms with van der Waals surface area (Å²) in [6, 6.07) is -0.857. The first-order valence-electron chi connectivity index (χ1n) is 28.6. The summed E-state index contributed by atoms with van der Waals surface area (Å²) in [4.78, 5) is 37.5. The van der Waals surface area contributed by atoms with E-state index in [1.54, 1.807) is 0 Å². The van der Waals surface area contributed by atoms with Gasteiger partial charge < -0.3 is 19.4 Å². The van der Waals surface area contributed by atoms with E-state index in [1.807, 2.05) is 33.3 Å². The largest absolute Gasteiger partial charge is 0.472 e. The summed E-state index contributed by atoms with van der Waals surface area (Å²) in [7, 11) is 1.48. The molecule has 0 bridgehead atoms. The Morgan fingerprint density at radius 2 is 0.928 bits per heavy atom. The topological polar surface area (TPSA) is 111 Å². The number of carbonyl (C=O) groups excluding carboxylic acids is 2. The van der Waals surface area contributed by atoms with E-state index < -0.39 is 20.0 Å². The summed E-state index contributed by atoms with van der Waals surface area (Å²) in [6.07, 6.45) is 60.6. The van der Waals surface area contributed by atoms with Gasteiger partial charge in [-0.25, -0.2) is 4.57 Å². The van der Waals surface area contributed by atoms with Crippen molar-refractivity contribution in [2.75, 3.05) is 40.9 Å². The number of likely N-dealkylation sites (N-methyl/N-ethyl adjacent to an activating group) is 1. The lowest BCUT2D eigenvalue weighted by Gasteiger charge is -2.27. The molecule has 0 aliphatic carbocycles. The second-order valence-electron chi connectivity index (χ2n) is 20.5. The lowest BCUT2D eigenvalue weighted by atomic mass is 10.1. The monoisotopic (exact) mass is 990 g/mol. The Morgan fingerprint density at radius 1 is 0.522 bits per heavy atom. The second kappa shape index (κ2) is 49.3. The fraction of sp³-hybridized carbons (Fsp3) is 0.797. The van der Waals surface area contributed by atoms with Gasteiger partial charge in [-0.15, -0.1) is 0 Å². The van der Waals surface area contributed by atoms with Crippen LogP contribution in [0.15, 0.2) is 60.8 Å². The van der Waals surface area contributed by atoms with Crippen molar-refractivity contribution in [3.63, 3.8) is 0 Å². The molecule has 3 unspecified atom stereocenters. The average Bonchev–Trinajstić information content (AvgIpc) is 3.31. The van der Waals surface area contributed by atoms with Crippen LogP contribution in [0.5, 0.6) is 0 Å². The third-order valence-electron chi connectivity index (χ3n) is 12.5. The summed E-state index contributed by atoms with van der Waals surface area (Å²) in [5, 5.41) is 3.04. The number of hydrogen-bond donors (Lipinski definition) is 2. The van der Waals surface area contributed by atoms with Crippen LogP contribution in [0.4, 0.5) is 0 Å². The van der Waals surface area contributed by atoms with Gasteiger partial charge in [-0.2, -0.15) is 0 Å². The van der Waals surface area contributed by atoms with Crippen LogP contribution < -0.4 is 5.32 Å². The van der Waals surface area contributed by atoms with Crippen LogP contribution in [-0.2, 0) is 27.9 Å². The van der Waals surface area contributed by atoms with Gasteiger partial charge in [0.2, 0.25) is 5.91 Å². The van der Waals surface area contributed by atoms with Crippen molar-refractivity contribution in [1.82, 2.24) is 5.32 Å². The number of phosphoric acid groups is 1. The van der Waals surface area contributed by atoms with Crippen molar-refractivity contribution in [1.29, 1.82) is 0 Å². The van der Waals surface area contributed by atoms with Crippen LogP contribution in [0.3, 0.4) is 0 Å². The Morgan fingerprint density at radius 3 is 1.42 bits per heavy atom. The highest BCUT2D eigenvalue weighted by molar-refractivity contribution is 7.47. The highest BCUT2D eigenvalue weighted by Crippen LogP contribution is 2.43. The lowest BCUT2D eigenvalue weighted by Crippen LogP contribution is -2.47. The van der Waals surface area contributed by atoms with Gasteiger partial charge in [0.1, 0.15) is 19.3 Å². The minimum Gasteiger partial charge on any atom is -0.456 e. The number of quaternary nitrogens is 1. The summed E-state index contributed by atoms with van der Waals surface area (Å²) >= 11 is 0. The Hall–Kier alpha value is -2.29. The summed E-state index contributed by atoms with van der Waals surface area (Å²) in [6.45, 7) is 6.93. The molecule has 0 heterocycles. The molecule has 0 aromatic heterocycles. The fourth-order valence-corrected chi connectivity index (χ4v) is 8.70. The van der Waals surface area contributed by atoms with Gasteiger partial charge in [0, 0.05) is 12.8 Å². The Balaban J connectivity index is 5.35. The number of allylic oxidation sites excluding steroid dienone is 9. The molecular weight excluding hydrogens is 880 g/mol. The number of unbranched alkanes of at least 4 members (excludes halogenated alkanes) is 28. The van der Waals surface area contributed by atoms with Crippen molar-refractivity contribution in [2.45, 2.75) is 264 Å². The van der Waals surface area contributed by atoms with Crippen LogP contribution in [0.25, 0.3) is 0 Å². The van der Waals surface area contributed by atoms with E-state index >= 15 is 0 Å². The molecule has 0 spiro atoms. The predicted octanol–water partition coefficient (Wildman–Crippen LogP) is 17.1. The van der Waals surface area contributed by atoms with Crippen LogP contribution in [0.1, 0.15) is 252 Å². The first kappa shape index (κ1) is 66.7. The maximum Gasteiger partial charge on any atom is 0.472 e. The molecule has 1 amide bonds. The highest BCUT2D eigenvalue weighted by atomic mass is 31.2. The summed E-state index contributed by atoms with van der Waals surface area (Å²) < 4.78 is 30.6. The smallest absolute Gasteiger partial charge is 0.456 e. The quantitative estimate of drug-likeness (QED) is 0.0156. The number of ether oxygens (including phenoxy) is 1. The van der Waals surface area contributed by atoms with Crippen LogP contribution >= 0.6 is 7.82 Å². The molecule has 9 nitrogen and oxygen atoms in total. The van der Waals surface area contributed by atoms with Gasteiger partial charge in [0.05, 0.1) is 33.8 Å². The maximum atomic E-state index is 13.5. The van der Waals surface area contributed by atoms with Crippen molar-refractivity contribution in [2.24, 2.45) is 0 Å². The van der Waals surface area contributed by atoms with Crippen molar-refractivity contribution < 1.29 is 37.3 Å². The number of nitrogens with one attached hydrogen (secondary N) is 1. The number of nitrogens with zero attached hydrogens (tertiary/aromatic N) is 1. The zero-order valence-corrected chi connectivity index (χ0v) is 46.7. The van der Waals surface area contributed by atoms with Crippen molar-refractivity contribution >= 4 is 19.7 Å². The molecule has 0 aliphatic rings. The molecule has 2 N–H and O–H groups in total. The average molecular weight is 991 g/mol.